The van der Waals surface area contributed by atoms with E-state index in [2.05, 4.69) is 0 Å². The molecular formula is C19H26N2O5. The Morgan fingerprint density at radius 1 is 1.19 bits per heavy atom. The van der Waals surface area contributed by atoms with E-state index in [0.717, 1.165) is 5.56 Å². The second kappa shape index (κ2) is 8.71. The highest BCUT2D eigenvalue weighted by Gasteiger charge is 2.23. The number of hydrogen-bond donors (Lipinski definition) is 1. The number of carbonyl (C=O) groups excluding carboxylic acids is 1. The molecule has 0 aromatic heterocycles. The number of hydrogen-bond acceptors (Lipinski definition) is 6. The second-order valence-corrected chi connectivity index (χ2v) is 6.23. The van der Waals surface area contributed by atoms with Gasteiger partial charge in [0, 0.05) is 20.0 Å². The molecule has 142 valence electrons. The van der Waals surface area contributed by atoms with Crippen molar-refractivity contribution in [3.05, 3.63) is 23.8 Å². The molecule has 26 heavy (non-hydrogen) atoms. The maximum absolute atomic E-state index is 11.3. The fourth-order valence-electron chi connectivity index (χ4n) is 2.90. The van der Waals surface area contributed by atoms with E-state index in [4.69, 9.17) is 24.4 Å². The van der Waals surface area contributed by atoms with Crippen molar-refractivity contribution in [2.24, 2.45) is 0 Å². The van der Waals surface area contributed by atoms with Crippen LogP contribution in [0.5, 0.6) is 17.2 Å². The third-order valence-corrected chi connectivity index (χ3v) is 3.92. The number of methoxy groups -OCH3 is 2. The molecule has 1 aliphatic heterocycles. The number of morpholine rings is 1. The van der Waals surface area contributed by atoms with E-state index in [-0.39, 0.29) is 18.0 Å². The number of nitrogens with one attached hydrogen (secondary N) is 1. The van der Waals surface area contributed by atoms with Crippen LogP contribution in [0, 0.1) is 5.41 Å². The number of benzene rings is 1. The predicted molar refractivity (Wildman–Crippen MR) is 99.2 cm³/mol. The quantitative estimate of drug-likeness (QED) is 0.375. The molecule has 0 spiro atoms. The zero-order valence-electron chi connectivity index (χ0n) is 15.9. The van der Waals surface area contributed by atoms with Crippen LogP contribution in [0.4, 0.5) is 0 Å². The van der Waals surface area contributed by atoms with Gasteiger partial charge in [-0.25, -0.2) is 0 Å². The standard InChI is InChI=1S/C19H26N2O5/c1-12-10-21(11-13(2)25-12)18(20)7-6-15-8-16(23-4)19(26-14(3)22)17(9-15)24-5/h6-9,12-13,20H,10-11H2,1-5H3. The summed E-state index contributed by atoms with van der Waals surface area (Å²) in [6.07, 6.45) is 3.71. The van der Waals surface area contributed by atoms with Gasteiger partial charge in [0.05, 0.1) is 26.4 Å². The van der Waals surface area contributed by atoms with Gasteiger partial charge in [-0.05, 0) is 37.6 Å². The van der Waals surface area contributed by atoms with Crippen molar-refractivity contribution in [3.63, 3.8) is 0 Å². The lowest BCUT2D eigenvalue weighted by atomic mass is 10.1. The van der Waals surface area contributed by atoms with E-state index < -0.39 is 5.97 Å². The van der Waals surface area contributed by atoms with Crippen molar-refractivity contribution in [2.45, 2.75) is 33.0 Å². The molecule has 1 heterocycles. The van der Waals surface area contributed by atoms with Gasteiger partial charge in [0.1, 0.15) is 5.84 Å². The minimum Gasteiger partial charge on any atom is -0.493 e. The Hall–Kier alpha value is -2.54. The first-order valence-electron chi connectivity index (χ1n) is 8.45. The lowest BCUT2D eigenvalue weighted by molar-refractivity contribution is -0.132. The van der Waals surface area contributed by atoms with Crippen molar-refractivity contribution in [1.82, 2.24) is 4.90 Å². The summed E-state index contributed by atoms with van der Waals surface area (Å²) in [5, 5.41) is 8.30. The summed E-state index contributed by atoms with van der Waals surface area (Å²) in [4.78, 5) is 13.3. The van der Waals surface area contributed by atoms with Crippen LogP contribution in [0.2, 0.25) is 0 Å². The Kier molecular flexibility index (Phi) is 6.63. The molecule has 0 bridgehead atoms. The number of ether oxygens (including phenoxy) is 4. The predicted octanol–water partition coefficient (Wildman–Crippen LogP) is 2.73. The minimum absolute atomic E-state index is 0.0932. The lowest BCUT2D eigenvalue weighted by Crippen LogP contribution is -2.47. The normalized spacial score (nSPS) is 20.1. The van der Waals surface area contributed by atoms with Crippen LogP contribution >= 0.6 is 0 Å². The summed E-state index contributed by atoms with van der Waals surface area (Å²) >= 11 is 0. The SMILES string of the molecule is COc1cc(C=CC(=N)N2CC(C)OC(C)C2)cc(OC)c1OC(C)=O. The fourth-order valence-corrected chi connectivity index (χ4v) is 2.90. The van der Waals surface area contributed by atoms with Gasteiger partial charge in [0.25, 0.3) is 0 Å². The Labute approximate surface area is 154 Å². The molecule has 1 aromatic carbocycles. The third-order valence-electron chi connectivity index (χ3n) is 3.92. The van der Waals surface area contributed by atoms with Crippen molar-refractivity contribution < 1.29 is 23.7 Å². The molecule has 2 unspecified atom stereocenters. The molecule has 1 aliphatic rings. The number of rotatable bonds is 5. The van der Waals surface area contributed by atoms with Crippen LogP contribution in [0.25, 0.3) is 6.08 Å². The monoisotopic (exact) mass is 362 g/mol. The average molecular weight is 362 g/mol. The van der Waals surface area contributed by atoms with Gasteiger partial charge in [-0.1, -0.05) is 6.08 Å². The molecule has 0 radical (unpaired) electrons. The first-order valence-corrected chi connectivity index (χ1v) is 8.45. The molecule has 1 N–H and O–H groups in total. The van der Waals surface area contributed by atoms with Gasteiger partial charge < -0.3 is 23.8 Å². The smallest absolute Gasteiger partial charge is 0.308 e. The Balaban J connectivity index is 2.21. The summed E-state index contributed by atoms with van der Waals surface area (Å²) in [7, 11) is 2.99. The summed E-state index contributed by atoms with van der Waals surface area (Å²) in [5.74, 6) is 0.973. The molecule has 1 fully saturated rings. The molecule has 1 aromatic rings. The Morgan fingerprint density at radius 2 is 1.73 bits per heavy atom. The summed E-state index contributed by atoms with van der Waals surface area (Å²) in [6.45, 7) is 6.70. The van der Waals surface area contributed by atoms with E-state index in [1.807, 2.05) is 18.7 Å². The van der Waals surface area contributed by atoms with Crippen molar-refractivity contribution in [1.29, 1.82) is 5.41 Å². The van der Waals surface area contributed by atoms with Crippen LogP contribution < -0.4 is 14.2 Å². The zero-order chi connectivity index (χ0) is 19.3. The maximum Gasteiger partial charge on any atom is 0.308 e. The molecule has 1 saturated heterocycles. The van der Waals surface area contributed by atoms with Gasteiger partial charge in [0.15, 0.2) is 11.5 Å². The molecule has 0 saturated carbocycles. The van der Waals surface area contributed by atoms with Crippen LogP contribution in [0.15, 0.2) is 18.2 Å². The topological polar surface area (TPSA) is 81.1 Å². The summed E-state index contributed by atoms with van der Waals surface area (Å²) < 4.78 is 21.5. The Morgan fingerprint density at radius 3 is 2.19 bits per heavy atom. The van der Waals surface area contributed by atoms with E-state index in [1.165, 1.54) is 21.1 Å². The molecule has 2 rings (SSSR count). The molecular weight excluding hydrogens is 336 g/mol. The third kappa shape index (κ3) is 4.98. The second-order valence-electron chi connectivity index (χ2n) is 6.23. The number of nitrogens with zero attached hydrogens (tertiary/aromatic N) is 1. The first kappa shape index (κ1) is 19.8. The van der Waals surface area contributed by atoms with E-state index in [9.17, 15) is 4.79 Å². The van der Waals surface area contributed by atoms with E-state index in [0.29, 0.717) is 30.4 Å². The van der Waals surface area contributed by atoms with Crippen molar-refractivity contribution >= 4 is 17.9 Å². The van der Waals surface area contributed by atoms with Gasteiger partial charge in [-0.15, -0.1) is 0 Å². The van der Waals surface area contributed by atoms with Crippen LogP contribution in [-0.4, -0.2) is 56.2 Å². The lowest BCUT2D eigenvalue weighted by Gasteiger charge is -2.36. The minimum atomic E-state index is -0.456. The maximum atomic E-state index is 11.3. The molecule has 7 nitrogen and oxygen atoms in total. The highest BCUT2D eigenvalue weighted by molar-refractivity contribution is 5.94. The van der Waals surface area contributed by atoms with Crippen LogP contribution in [0.1, 0.15) is 26.3 Å². The fraction of sp³-hybridized carbons (Fsp3) is 0.474. The van der Waals surface area contributed by atoms with Crippen molar-refractivity contribution in [2.75, 3.05) is 27.3 Å². The first-order chi connectivity index (χ1) is 12.3. The zero-order valence-corrected chi connectivity index (χ0v) is 15.9. The number of amidine groups is 1. The van der Waals surface area contributed by atoms with Gasteiger partial charge in [-0.2, -0.15) is 0 Å². The van der Waals surface area contributed by atoms with Gasteiger partial charge in [-0.3, -0.25) is 10.2 Å². The molecule has 0 amide bonds. The Bertz CT molecular complexity index is 666. The van der Waals surface area contributed by atoms with Crippen LogP contribution in [0.3, 0.4) is 0 Å². The largest absolute Gasteiger partial charge is 0.493 e. The number of esters is 1. The molecule has 0 aliphatic carbocycles. The van der Waals surface area contributed by atoms with Crippen LogP contribution in [-0.2, 0) is 9.53 Å². The molecule has 7 heteroatoms. The van der Waals surface area contributed by atoms with Crippen molar-refractivity contribution in [3.8, 4) is 17.2 Å². The molecule has 2 atom stereocenters. The summed E-state index contributed by atoms with van der Waals surface area (Å²) in [6, 6.07) is 3.46. The van der Waals surface area contributed by atoms with Gasteiger partial charge in [0.2, 0.25) is 5.75 Å². The number of carbonyl (C=O) groups is 1. The van der Waals surface area contributed by atoms with E-state index in [1.54, 1.807) is 24.3 Å². The van der Waals surface area contributed by atoms with Gasteiger partial charge >= 0.3 is 5.97 Å². The highest BCUT2D eigenvalue weighted by Crippen LogP contribution is 2.39. The average Bonchev–Trinajstić information content (AvgIpc) is 2.58. The highest BCUT2D eigenvalue weighted by atomic mass is 16.6. The summed E-state index contributed by atoms with van der Waals surface area (Å²) in [5.41, 5.74) is 0.772. The van der Waals surface area contributed by atoms with E-state index >= 15 is 0 Å².